The molecule has 0 spiro atoms. The first-order chi connectivity index (χ1) is 6.76. The maximum atomic E-state index is 9.30. The fraction of sp³-hybridized carbons (Fsp3) is 0.200. The van der Waals surface area contributed by atoms with E-state index in [2.05, 4.69) is 34.7 Å². The molecule has 0 radical (unpaired) electrons. The van der Waals surface area contributed by atoms with Gasteiger partial charge in [0.1, 0.15) is 0 Å². The van der Waals surface area contributed by atoms with Gasteiger partial charge in [-0.1, -0.05) is 6.07 Å². The molecule has 14 heavy (non-hydrogen) atoms. The summed E-state index contributed by atoms with van der Waals surface area (Å²) in [5, 5.41) is 10.4. The highest BCUT2D eigenvalue weighted by molar-refractivity contribution is 14.1. The second-order valence-electron chi connectivity index (χ2n) is 2.96. The molecule has 0 amide bonds. The van der Waals surface area contributed by atoms with E-state index in [1.165, 1.54) is 7.58 Å². The van der Waals surface area contributed by atoms with Crippen molar-refractivity contribution in [3.05, 3.63) is 32.2 Å². The van der Waals surface area contributed by atoms with Crippen molar-refractivity contribution in [1.82, 2.24) is 0 Å². The number of hydrogen-bond donors (Lipinski definition) is 1. The second kappa shape index (κ2) is 4.35. The van der Waals surface area contributed by atoms with Crippen molar-refractivity contribution < 1.29 is 5.11 Å². The van der Waals surface area contributed by atoms with Gasteiger partial charge in [0.2, 0.25) is 0 Å². The molecule has 1 aromatic carbocycles. The summed E-state index contributed by atoms with van der Waals surface area (Å²) >= 11 is 9.84. The molecule has 0 aliphatic carbocycles. The molecular formula is C10H8ClIOS. The van der Waals surface area contributed by atoms with Gasteiger partial charge in [0.05, 0.1) is 9.49 Å². The first-order valence-electron chi connectivity index (χ1n) is 4.13. The Kier molecular flexibility index (Phi) is 3.31. The van der Waals surface area contributed by atoms with Gasteiger partial charge in [-0.3, -0.25) is 0 Å². The Morgan fingerprint density at radius 2 is 2.21 bits per heavy atom. The summed E-state index contributed by atoms with van der Waals surface area (Å²) in [6, 6.07) is 6.16. The molecule has 0 unspecified atom stereocenters. The Bertz CT molecular complexity index is 466. The van der Waals surface area contributed by atoms with E-state index in [4.69, 9.17) is 11.6 Å². The Balaban J connectivity index is 2.75. The summed E-state index contributed by atoms with van der Waals surface area (Å²) in [5.41, 5.74) is 1.99. The van der Waals surface area contributed by atoms with Crippen LogP contribution in [0.3, 0.4) is 0 Å². The third-order valence-electron chi connectivity index (χ3n) is 2.18. The minimum atomic E-state index is 0.0617. The Hall–Kier alpha value is 0.160. The second-order valence-corrected chi connectivity index (χ2v) is 6.20. The van der Waals surface area contributed by atoms with Crippen LogP contribution in [0.1, 0.15) is 11.1 Å². The molecule has 4 heteroatoms. The zero-order chi connectivity index (χ0) is 10.1. The average Bonchev–Trinajstić information content (AvgIpc) is 2.56. The zero-order valence-electron chi connectivity index (χ0n) is 7.26. The molecule has 1 aromatic heterocycles. The summed E-state index contributed by atoms with van der Waals surface area (Å²) in [6.07, 6.45) is 0. The predicted octanol–water partition coefficient (Wildman–Crippen LogP) is 3.74. The van der Waals surface area contributed by atoms with E-state index in [9.17, 15) is 5.11 Å². The van der Waals surface area contributed by atoms with E-state index >= 15 is 0 Å². The van der Waals surface area contributed by atoms with Gasteiger partial charge in [0.25, 0.3) is 0 Å². The van der Waals surface area contributed by atoms with Crippen LogP contribution in [0.25, 0.3) is 10.1 Å². The van der Waals surface area contributed by atoms with Gasteiger partial charge in [-0.25, -0.2) is 0 Å². The molecule has 2 aromatic rings. The molecule has 0 saturated heterocycles. The van der Waals surface area contributed by atoms with Crippen LogP contribution in [0, 0.1) is 2.88 Å². The molecule has 0 aliphatic rings. The number of fused-ring (bicyclic) bond motifs is 1. The molecule has 0 bridgehead atoms. The Morgan fingerprint density at radius 3 is 2.86 bits per heavy atom. The minimum absolute atomic E-state index is 0.0617. The van der Waals surface area contributed by atoms with Gasteiger partial charge in [-0.2, -0.15) is 0 Å². The van der Waals surface area contributed by atoms with E-state index < -0.39 is 0 Å². The number of halogens is 2. The lowest BCUT2D eigenvalue weighted by Gasteiger charge is -2.04. The first kappa shape index (κ1) is 10.7. The average molecular weight is 339 g/mol. The number of aliphatic hydroxyl groups is 1. The van der Waals surface area contributed by atoms with Gasteiger partial charge in [-0.05, 0) is 51.2 Å². The molecule has 2 rings (SSSR count). The summed E-state index contributed by atoms with van der Waals surface area (Å²) in [6.45, 7) is 0.0617. The highest BCUT2D eigenvalue weighted by Crippen LogP contribution is 2.31. The first-order valence-corrected chi connectivity index (χ1v) is 6.56. The highest BCUT2D eigenvalue weighted by Gasteiger charge is 2.08. The van der Waals surface area contributed by atoms with Gasteiger partial charge in [0, 0.05) is 10.6 Å². The fourth-order valence-corrected chi connectivity index (χ4v) is 3.58. The van der Waals surface area contributed by atoms with Gasteiger partial charge in [0.15, 0.2) is 0 Å². The van der Waals surface area contributed by atoms with Crippen molar-refractivity contribution in [2.24, 2.45) is 0 Å². The lowest BCUT2D eigenvalue weighted by Crippen LogP contribution is -1.91. The molecule has 0 atom stereocenters. The largest absolute Gasteiger partial charge is 0.392 e. The fourth-order valence-electron chi connectivity index (χ4n) is 1.50. The van der Waals surface area contributed by atoms with Crippen LogP contribution in [0.2, 0.25) is 0 Å². The standard InChI is InChI=1S/C10H8ClIOS/c11-4-6-1-2-9-7(8(6)5-13)3-10(12)14-9/h1-3,13H,4-5H2. The van der Waals surface area contributed by atoms with Crippen LogP contribution in [-0.4, -0.2) is 5.11 Å². The van der Waals surface area contributed by atoms with Crippen molar-refractivity contribution in [1.29, 1.82) is 0 Å². The number of thiophene rings is 1. The third kappa shape index (κ3) is 1.78. The monoisotopic (exact) mass is 338 g/mol. The van der Waals surface area contributed by atoms with E-state index in [0.717, 1.165) is 16.5 Å². The Morgan fingerprint density at radius 1 is 1.43 bits per heavy atom. The van der Waals surface area contributed by atoms with Gasteiger partial charge < -0.3 is 5.11 Å². The minimum Gasteiger partial charge on any atom is -0.392 e. The summed E-state index contributed by atoms with van der Waals surface area (Å²) in [5.74, 6) is 0.457. The molecule has 1 heterocycles. The molecule has 1 nitrogen and oxygen atoms in total. The van der Waals surface area contributed by atoms with Crippen LogP contribution in [-0.2, 0) is 12.5 Å². The number of rotatable bonds is 2. The van der Waals surface area contributed by atoms with Crippen molar-refractivity contribution in [3.8, 4) is 0 Å². The van der Waals surface area contributed by atoms with Crippen LogP contribution in [0.5, 0.6) is 0 Å². The molecule has 74 valence electrons. The van der Waals surface area contributed by atoms with E-state index in [1.807, 2.05) is 6.07 Å². The lowest BCUT2D eigenvalue weighted by atomic mass is 10.1. The van der Waals surface area contributed by atoms with Gasteiger partial charge in [-0.15, -0.1) is 22.9 Å². The van der Waals surface area contributed by atoms with E-state index in [0.29, 0.717) is 5.88 Å². The zero-order valence-corrected chi connectivity index (χ0v) is 11.0. The SMILES string of the molecule is OCc1c(CCl)ccc2sc(I)cc12. The number of alkyl halides is 1. The predicted molar refractivity (Wildman–Crippen MR) is 70.0 cm³/mol. The van der Waals surface area contributed by atoms with Crippen LogP contribution < -0.4 is 0 Å². The van der Waals surface area contributed by atoms with Crippen molar-refractivity contribution >= 4 is 55.6 Å². The lowest BCUT2D eigenvalue weighted by molar-refractivity contribution is 0.282. The van der Waals surface area contributed by atoms with Crippen molar-refractivity contribution in [3.63, 3.8) is 0 Å². The maximum absolute atomic E-state index is 9.30. The topological polar surface area (TPSA) is 20.2 Å². The van der Waals surface area contributed by atoms with Crippen molar-refractivity contribution in [2.45, 2.75) is 12.5 Å². The Labute approximate surface area is 105 Å². The summed E-state index contributed by atoms with van der Waals surface area (Å²) < 4.78 is 2.45. The summed E-state index contributed by atoms with van der Waals surface area (Å²) in [7, 11) is 0. The quantitative estimate of drug-likeness (QED) is 0.653. The molecule has 0 fully saturated rings. The molecular weight excluding hydrogens is 331 g/mol. The highest BCUT2D eigenvalue weighted by atomic mass is 127. The van der Waals surface area contributed by atoms with Gasteiger partial charge >= 0.3 is 0 Å². The van der Waals surface area contributed by atoms with Crippen LogP contribution in [0.15, 0.2) is 18.2 Å². The third-order valence-corrected chi connectivity index (χ3v) is 4.33. The van der Waals surface area contributed by atoms with Crippen LogP contribution >= 0.6 is 45.5 Å². The summed E-state index contributed by atoms with van der Waals surface area (Å²) in [4.78, 5) is 0. The van der Waals surface area contributed by atoms with Crippen molar-refractivity contribution in [2.75, 3.05) is 0 Å². The molecule has 1 N–H and O–H groups in total. The smallest absolute Gasteiger partial charge is 0.0691 e. The number of benzene rings is 1. The molecule has 0 aliphatic heterocycles. The number of hydrogen-bond acceptors (Lipinski definition) is 2. The number of aliphatic hydroxyl groups excluding tert-OH is 1. The van der Waals surface area contributed by atoms with Crippen LogP contribution in [0.4, 0.5) is 0 Å². The maximum Gasteiger partial charge on any atom is 0.0691 e. The molecule has 0 saturated carbocycles. The van der Waals surface area contributed by atoms with E-state index in [-0.39, 0.29) is 6.61 Å². The normalized spacial score (nSPS) is 11.1. The van der Waals surface area contributed by atoms with E-state index in [1.54, 1.807) is 11.3 Å².